The monoisotopic (exact) mass is 746 g/mol. The fourth-order valence-corrected chi connectivity index (χ4v) is 9.60. The third-order valence-electron chi connectivity index (χ3n) is 11.1. The summed E-state index contributed by atoms with van der Waals surface area (Å²) in [6.45, 7) is 0. The van der Waals surface area contributed by atoms with E-state index in [1.165, 1.54) is 32.0 Å². The van der Waals surface area contributed by atoms with E-state index >= 15 is 0 Å². The fraction of sp³-hybridized carbons (Fsp3) is 0. The van der Waals surface area contributed by atoms with Gasteiger partial charge in [0, 0.05) is 58.5 Å². The molecular weight excluding hydrogens is 717 g/mol. The van der Waals surface area contributed by atoms with Crippen LogP contribution < -0.4 is 0 Å². The van der Waals surface area contributed by atoms with Crippen molar-refractivity contribution < 1.29 is 4.42 Å². The largest absolute Gasteiger partial charge is 0.455 e. The molecule has 266 valence electrons. The van der Waals surface area contributed by atoms with Crippen molar-refractivity contribution in [3.8, 4) is 51.0 Å². The predicted molar refractivity (Wildman–Crippen MR) is 236 cm³/mol. The minimum atomic E-state index is 0.561. The number of para-hydroxylation sites is 4. The highest BCUT2D eigenvalue weighted by Gasteiger charge is 2.22. The van der Waals surface area contributed by atoms with Crippen molar-refractivity contribution in [1.29, 1.82) is 0 Å². The average molecular weight is 747 g/mol. The van der Waals surface area contributed by atoms with E-state index < -0.39 is 0 Å². The lowest BCUT2D eigenvalue weighted by Crippen LogP contribution is -2.01. The number of rotatable bonds is 5. The number of aromatic nitrogens is 4. The van der Waals surface area contributed by atoms with Crippen molar-refractivity contribution in [1.82, 2.24) is 19.5 Å². The molecule has 0 aliphatic carbocycles. The Labute approximate surface area is 330 Å². The second-order valence-corrected chi connectivity index (χ2v) is 15.4. The Morgan fingerprint density at radius 3 is 1.77 bits per heavy atom. The summed E-state index contributed by atoms with van der Waals surface area (Å²) in [4.78, 5) is 15.8. The summed E-state index contributed by atoms with van der Waals surface area (Å²) < 4.78 is 11.2. The molecule has 0 radical (unpaired) electrons. The van der Waals surface area contributed by atoms with Crippen LogP contribution in [-0.4, -0.2) is 19.5 Å². The molecule has 0 fully saturated rings. The molecule has 0 N–H and O–H groups in total. The van der Waals surface area contributed by atoms with Crippen molar-refractivity contribution in [2.45, 2.75) is 0 Å². The van der Waals surface area contributed by atoms with Crippen LogP contribution >= 0.6 is 11.3 Å². The highest BCUT2D eigenvalue weighted by atomic mass is 32.1. The molecular formula is C51H30N4OS. The lowest BCUT2D eigenvalue weighted by molar-refractivity contribution is 0.669. The first-order valence-corrected chi connectivity index (χ1v) is 19.8. The van der Waals surface area contributed by atoms with E-state index in [2.05, 4.69) is 144 Å². The zero-order valence-electron chi connectivity index (χ0n) is 30.4. The van der Waals surface area contributed by atoms with Crippen LogP contribution in [0.5, 0.6) is 0 Å². The van der Waals surface area contributed by atoms with Gasteiger partial charge in [-0.1, -0.05) is 133 Å². The Morgan fingerprint density at radius 2 is 1.02 bits per heavy atom. The van der Waals surface area contributed by atoms with Gasteiger partial charge >= 0.3 is 0 Å². The number of furan rings is 1. The first-order chi connectivity index (χ1) is 28.2. The average Bonchev–Trinajstić information content (AvgIpc) is 3.96. The van der Waals surface area contributed by atoms with E-state index in [0.717, 1.165) is 65.4 Å². The Bertz CT molecular complexity index is 3470. The molecule has 0 saturated heterocycles. The van der Waals surface area contributed by atoms with Crippen molar-refractivity contribution in [2.75, 3.05) is 0 Å². The second-order valence-electron chi connectivity index (χ2n) is 14.4. The Morgan fingerprint density at radius 1 is 0.404 bits per heavy atom. The Kier molecular flexibility index (Phi) is 7.03. The number of benzene rings is 8. The molecule has 0 amide bonds. The van der Waals surface area contributed by atoms with E-state index in [-0.39, 0.29) is 0 Å². The molecule has 0 saturated carbocycles. The molecule has 0 spiro atoms. The van der Waals surface area contributed by atoms with Crippen molar-refractivity contribution in [2.24, 2.45) is 0 Å². The Balaban J connectivity index is 1.18. The summed E-state index contributed by atoms with van der Waals surface area (Å²) in [5, 5.41) is 6.87. The number of nitrogens with zero attached hydrogens (tertiary/aromatic N) is 4. The molecule has 4 heterocycles. The second kappa shape index (κ2) is 12.6. The van der Waals surface area contributed by atoms with Crippen LogP contribution in [0, 0.1) is 0 Å². The molecule has 57 heavy (non-hydrogen) atoms. The minimum absolute atomic E-state index is 0.561. The lowest BCUT2D eigenvalue weighted by atomic mass is 10.0. The maximum atomic E-state index is 6.54. The van der Waals surface area contributed by atoms with Crippen LogP contribution in [0.3, 0.4) is 0 Å². The van der Waals surface area contributed by atoms with Gasteiger partial charge in [-0.15, -0.1) is 11.3 Å². The summed E-state index contributed by atoms with van der Waals surface area (Å²) >= 11 is 1.78. The van der Waals surface area contributed by atoms with Gasteiger partial charge in [0.1, 0.15) is 11.2 Å². The van der Waals surface area contributed by atoms with Crippen LogP contribution in [0.2, 0.25) is 0 Å². The van der Waals surface area contributed by atoms with Crippen LogP contribution in [-0.2, 0) is 0 Å². The van der Waals surface area contributed by atoms with E-state index in [1.54, 1.807) is 11.3 Å². The van der Waals surface area contributed by atoms with Crippen molar-refractivity contribution in [3.63, 3.8) is 0 Å². The number of fused-ring (bicyclic) bond motifs is 9. The summed E-state index contributed by atoms with van der Waals surface area (Å²) in [6, 6.07) is 63.9. The van der Waals surface area contributed by atoms with Gasteiger partial charge in [-0.25, -0.2) is 15.0 Å². The molecule has 6 heteroatoms. The van der Waals surface area contributed by atoms with Gasteiger partial charge in [0.2, 0.25) is 0 Å². The normalized spacial score (nSPS) is 11.9. The fourth-order valence-electron chi connectivity index (χ4n) is 8.43. The van der Waals surface area contributed by atoms with E-state index in [0.29, 0.717) is 17.5 Å². The minimum Gasteiger partial charge on any atom is -0.455 e. The third kappa shape index (κ3) is 5.04. The topological polar surface area (TPSA) is 56.7 Å². The highest BCUT2D eigenvalue weighted by Crippen LogP contribution is 2.44. The van der Waals surface area contributed by atoms with Gasteiger partial charge in [-0.2, -0.15) is 0 Å². The molecule has 0 bridgehead atoms. The van der Waals surface area contributed by atoms with Crippen molar-refractivity contribution >= 4 is 75.3 Å². The van der Waals surface area contributed by atoms with Crippen LogP contribution in [0.1, 0.15) is 0 Å². The van der Waals surface area contributed by atoms with Gasteiger partial charge < -0.3 is 8.98 Å². The highest BCUT2D eigenvalue weighted by molar-refractivity contribution is 7.26. The molecule has 12 rings (SSSR count). The molecule has 0 atom stereocenters. The van der Waals surface area contributed by atoms with Crippen LogP contribution in [0.4, 0.5) is 0 Å². The summed E-state index contributed by atoms with van der Waals surface area (Å²) in [7, 11) is 0. The van der Waals surface area contributed by atoms with E-state index in [1.807, 2.05) is 42.5 Å². The predicted octanol–water partition coefficient (Wildman–Crippen LogP) is 13.9. The van der Waals surface area contributed by atoms with Crippen LogP contribution in [0.15, 0.2) is 186 Å². The number of thiophene rings is 1. The van der Waals surface area contributed by atoms with E-state index in [4.69, 9.17) is 19.4 Å². The van der Waals surface area contributed by atoms with Crippen molar-refractivity contribution in [3.05, 3.63) is 182 Å². The summed E-state index contributed by atoms with van der Waals surface area (Å²) in [6.07, 6.45) is 0. The van der Waals surface area contributed by atoms with E-state index in [9.17, 15) is 0 Å². The van der Waals surface area contributed by atoms with Gasteiger partial charge in [0.25, 0.3) is 0 Å². The molecule has 0 unspecified atom stereocenters. The zero-order chi connectivity index (χ0) is 37.5. The van der Waals surface area contributed by atoms with Gasteiger partial charge in [0.05, 0.1) is 16.6 Å². The molecule has 0 aliphatic heterocycles. The molecule has 5 nitrogen and oxygen atoms in total. The van der Waals surface area contributed by atoms with Gasteiger partial charge in [-0.05, 0) is 59.7 Å². The Hall–Kier alpha value is -7.41. The molecule has 4 aromatic heterocycles. The first-order valence-electron chi connectivity index (χ1n) is 19.0. The van der Waals surface area contributed by atoms with Gasteiger partial charge in [-0.3, -0.25) is 0 Å². The van der Waals surface area contributed by atoms with Gasteiger partial charge in [0.15, 0.2) is 17.5 Å². The molecule has 0 aliphatic rings. The number of hydrogen-bond donors (Lipinski definition) is 0. The maximum Gasteiger partial charge on any atom is 0.167 e. The first kappa shape index (κ1) is 31.9. The zero-order valence-corrected chi connectivity index (χ0v) is 31.2. The smallest absolute Gasteiger partial charge is 0.167 e. The molecule has 8 aromatic carbocycles. The lowest BCUT2D eigenvalue weighted by Gasteiger charge is -2.13. The summed E-state index contributed by atoms with van der Waals surface area (Å²) in [5.74, 6) is 1.77. The quantitative estimate of drug-likeness (QED) is 0.176. The standard InChI is InChI=1S/C51H30N4OS/c1-3-14-31(15-4-1)33-26-27-46-40(28-33)41-29-34(55-43-23-10-7-18-35(43)36-19-8-11-24-44(36)55)30-42(48(41)57-46)51-53-49(32-16-5-2-6-17-32)52-50(54-51)39-22-13-21-38-37-20-9-12-25-45(37)56-47(38)39/h1-30H. The SMILES string of the molecule is c1ccc(-c2ccc3sc4c(-c5nc(-c6ccccc6)nc(-c6cccc7c6oc6ccccc67)n5)cc(-n5c6ccccc6c6ccccc65)cc4c3c2)cc1. The number of hydrogen-bond acceptors (Lipinski definition) is 5. The third-order valence-corrected chi connectivity index (χ3v) is 12.3. The maximum absolute atomic E-state index is 6.54. The molecule has 12 aromatic rings. The van der Waals surface area contributed by atoms with Crippen LogP contribution in [0.25, 0.3) is 115 Å². The summed E-state index contributed by atoms with van der Waals surface area (Å²) in [5.41, 5.74) is 9.98.